The molecule has 2 aromatic rings. The minimum Gasteiger partial charge on any atom is -0.457 e. The molecule has 0 heterocycles. The van der Waals surface area contributed by atoms with Crippen LogP contribution in [0.2, 0.25) is 0 Å². The second-order valence-electron chi connectivity index (χ2n) is 4.52. The van der Waals surface area contributed by atoms with Gasteiger partial charge in [-0.3, -0.25) is 0 Å². The highest BCUT2D eigenvalue weighted by Crippen LogP contribution is 2.26. The SMILES string of the molecule is CCCc1ccc(Oc2ccc(N)cc2C)cc1. The first-order valence-corrected chi connectivity index (χ1v) is 6.32. The van der Waals surface area contributed by atoms with Gasteiger partial charge in [-0.1, -0.05) is 25.5 Å². The van der Waals surface area contributed by atoms with E-state index in [0.717, 1.165) is 35.6 Å². The molecule has 94 valence electrons. The Morgan fingerprint density at radius 2 is 1.78 bits per heavy atom. The van der Waals surface area contributed by atoms with Crippen molar-refractivity contribution in [1.29, 1.82) is 0 Å². The van der Waals surface area contributed by atoms with E-state index in [1.807, 2.05) is 37.3 Å². The first kappa shape index (κ1) is 12.5. The number of benzene rings is 2. The van der Waals surface area contributed by atoms with Gasteiger partial charge < -0.3 is 10.5 Å². The molecule has 18 heavy (non-hydrogen) atoms. The Labute approximate surface area is 108 Å². The highest BCUT2D eigenvalue weighted by molar-refractivity contribution is 5.48. The summed E-state index contributed by atoms with van der Waals surface area (Å²) in [5.74, 6) is 1.72. The van der Waals surface area contributed by atoms with Gasteiger partial charge in [0.25, 0.3) is 0 Å². The van der Waals surface area contributed by atoms with Gasteiger partial charge in [0.2, 0.25) is 0 Å². The first-order valence-electron chi connectivity index (χ1n) is 6.32. The van der Waals surface area contributed by atoms with Crippen LogP contribution >= 0.6 is 0 Å². The fourth-order valence-electron chi connectivity index (χ4n) is 1.93. The van der Waals surface area contributed by atoms with E-state index in [1.165, 1.54) is 5.56 Å². The minimum atomic E-state index is 0.762. The Balaban J connectivity index is 2.13. The van der Waals surface area contributed by atoms with Crippen LogP contribution in [-0.2, 0) is 6.42 Å². The van der Waals surface area contributed by atoms with Crippen LogP contribution < -0.4 is 10.5 Å². The summed E-state index contributed by atoms with van der Waals surface area (Å²) in [5, 5.41) is 0. The van der Waals surface area contributed by atoms with Gasteiger partial charge in [0.1, 0.15) is 11.5 Å². The molecule has 2 heteroatoms. The minimum absolute atomic E-state index is 0.762. The van der Waals surface area contributed by atoms with Crippen molar-refractivity contribution in [3.8, 4) is 11.5 Å². The number of ether oxygens (including phenoxy) is 1. The van der Waals surface area contributed by atoms with Gasteiger partial charge in [-0.2, -0.15) is 0 Å². The molecule has 0 unspecified atom stereocenters. The molecule has 2 aromatic carbocycles. The smallest absolute Gasteiger partial charge is 0.130 e. The molecule has 0 fully saturated rings. The largest absolute Gasteiger partial charge is 0.457 e. The second kappa shape index (κ2) is 5.58. The Hall–Kier alpha value is -1.96. The zero-order chi connectivity index (χ0) is 13.0. The summed E-state index contributed by atoms with van der Waals surface area (Å²) in [4.78, 5) is 0. The molecule has 2 N–H and O–H groups in total. The van der Waals surface area contributed by atoms with E-state index in [-0.39, 0.29) is 0 Å². The third-order valence-corrected chi connectivity index (χ3v) is 2.89. The standard InChI is InChI=1S/C16H19NO/c1-3-4-13-5-8-15(9-6-13)18-16-10-7-14(17)11-12(16)2/h5-11H,3-4,17H2,1-2H3. The van der Waals surface area contributed by atoms with E-state index in [4.69, 9.17) is 10.5 Å². The summed E-state index contributed by atoms with van der Waals surface area (Å²) < 4.78 is 5.84. The summed E-state index contributed by atoms with van der Waals surface area (Å²) in [5.41, 5.74) is 8.88. The van der Waals surface area contributed by atoms with Crippen molar-refractivity contribution in [3.05, 3.63) is 53.6 Å². The van der Waals surface area contributed by atoms with E-state index in [9.17, 15) is 0 Å². The number of nitrogen functional groups attached to an aromatic ring is 1. The van der Waals surface area contributed by atoms with E-state index in [0.29, 0.717) is 0 Å². The van der Waals surface area contributed by atoms with Crippen LogP contribution in [-0.4, -0.2) is 0 Å². The monoisotopic (exact) mass is 241 g/mol. The van der Waals surface area contributed by atoms with Gasteiger partial charge in [0.15, 0.2) is 0 Å². The molecule has 0 atom stereocenters. The first-order chi connectivity index (χ1) is 8.69. The quantitative estimate of drug-likeness (QED) is 0.809. The highest BCUT2D eigenvalue weighted by Gasteiger charge is 2.02. The van der Waals surface area contributed by atoms with Crippen molar-refractivity contribution < 1.29 is 4.74 Å². The van der Waals surface area contributed by atoms with Gasteiger partial charge >= 0.3 is 0 Å². The number of anilines is 1. The van der Waals surface area contributed by atoms with Crippen molar-refractivity contribution in [2.24, 2.45) is 0 Å². The molecule has 0 spiro atoms. The molecule has 2 rings (SSSR count). The third kappa shape index (κ3) is 3.04. The van der Waals surface area contributed by atoms with Crippen molar-refractivity contribution in [1.82, 2.24) is 0 Å². The zero-order valence-electron chi connectivity index (χ0n) is 10.9. The number of hydrogen-bond acceptors (Lipinski definition) is 2. The lowest BCUT2D eigenvalue weighted by atomic mass is 10.1. The van der Waals surface area contributed by atoms with E-state index in [2.05, 4.69) is 19.1 Å². The van der Waals surface area contributed by atoms with Crippen LogP contribution in [0, 0.1) is 6.92 Å². The second-order valence-corrected chi connectivity index (χ2v) is 4.52. The number of aryl methyl sites for hydroxylation is 2. The fourth-order valence-corrected chi connectivity index (χ4v) is 1.93. The summed E-state index contributed by atoms with van der Waals surface area (Å²) in [6.07, 6.45) is 2.28. The Kier molecular flexibility index (Phi) is 3.88. The molecular weight excluding hydrogens is 222 g/mol. The normalized spacial score (nSPS) is 10.3. The number of hydrogen-bond donors (Lipinski definition) is 1. The van der Waals surface area contributed by atoms with Gasteiger partial charge in [0, 0.05) is 5.69 Å². The third-order valence-electron chi connectivity index (χ3n) is 2.89. The van der Waals surface area contributed by atoms with Crippen molar-refractivity contribution >= 4 is 5.69 Å². The Bertz CT molecular complexity index is 517. The van der Waals surface area contributed by atoms with Crippen LogP contribution in [0.25, 0.3) is 0 Å². The summed E-state index contributed by atoms with van der Waals surface area (Å²) in [6.45, 7) is 4.18. The molecule has 0 amide bonds. The number of rotatable bonds is 4. The molecule has 0 radical (unpaired) electrons. The van der Waals surface area contributed by atoms with E-state index >= 15 is 0 Å². The van der Waals surface area contributed by atoms with Gasteiger partial charge in [-0.15, -0.1) is 0 Å². The van der Waals surface area contributed by atoms with Gasteiger partial charge in [0.05, 0.1) is 0 Å². The fraction of sp³-hybridized carbons (Fsp3) is 0.250. The molecule has 0 saturated heterocycles. The summed E-state index contributed by atoms with van der Waals surface area (Å²) >= 11 is 0. The van der Waals surface area contributed by atoms with Crippen molar-refractivity contribution in [2.75, 3.05) is 5.73 Å². The maximum atomic E-state index is 5.84. The average molecular weight is 241 g/mol. The zero-order valence-corrected chi connectivity index (χ0v) is 10.9. The van der Waals surface area contributed by atoms with Gasteiger partial charge in [-0.05, 0) is 54.8 Å². The molecule has 0 bridgehead atoms. The maximum absolute atomic E-state index is 5.84. The van der Waals surface area contributed by atoms with Crippen LogP contribution in [0.15, 0.2) is 42.5 Å². The lowest BCUT2D eigenvalue weighted by Gasteiger charge is -2.09. The molecule has 0 saturated carbocycles. The van der Waals surface area contributed by atoms with E-state index in [1.54, 1.807) is 0 Å². The maximum Gasteiger partial charge on any atom is 0.130 e. The lowest BCUT2D eigenvalue weighted by Crippen LogP contribution is -1.91. The predicted molar refractivity (Wildman–Crippen MR) is 76.1 cm³/mol. The molecule has 0 aliphatic heterocycles. The molecular formula is C16H19NO. The molecule has 0 aliphatic carbocycles. The lowest BCUT2D eigenvalue weighted by molar-refractivity contribution is 0.479. The average Bonchev–Trinajstić information content (AvgIpc) is 2.35. The van der Waals surface area contributed by atoms with Crippen molar-refractivity contribution in [3.63, 3.8) is 0 Å². The molecule has 2 nitrogen and oxygen atoms in total. The van der Waals surface area contributed by atoms with Crippen molar-refractivity contribution in [2.45, 2.75) is 26.7 Å². The van der Waals surface area contributed by atoms with Crippen LogP contribution in [0.3, 0.4) is 0 Å². The predicted octanol–water partition coefficient (Wildman–Crippen LogP) is 4.32. The topological polar surface area (TPSA) is 35.2 Å². The highest BCUT2D eigenvalue weighted by atomic mass is 16.5. The molecule has 0 aliphatic rings. The van der Waals surface area contributed by atoms with Crippen LogP contribution in [0.1, 0.15) is 24.5 Å². The van der Waals surface area contributed by atoms with Gasteiger partial charge in [-0.25, -0.2) is 0 Å². The van der Waals surface area contributed by atoms with Crippen LogP contribution in [0.4, 0.5) is 5.69 Å². The van der Waals surface area contributed by atoms with E-state index < -0.39 is 0 Å². The Morgan fingerprint density at radius 1 is 1.06 bits per heavy atom. The summed E-state index contributed by atoms with van der Waals surface area (Å²) in [6, 6.07) is 13.9. The summed E-state index contributed by atoms with van der Waals surface area (Å²) in [7, 11) is 0. The Morgan fingerprint density at radius 3 is 2.39 bits per heavy atom. The number of nitrogens with two attached hydrogens (primary N) is 1. The molecule has 0 aromatic heterocycles. The van der Waals surface area contributed by atoms with Crippen LogP contribution in [0.5, 0.6) is 11.5 Å².